The lowest BCUT2D eigenvalue weighted by molar-refractivity contribution is 2.34. The first kappa shape index (κ1) is 9.78. The van der Waals surface area contributed by atoms with Crippen molar-refractivity contribution in [3.8, 4) is 0 Å². The molecule has 0 aromatic carbocycles. The highest BCUT2D eigenvalue weighted by Gasteiger charge is 1.94. The summed E-state index contributed by atoms with van der Waals surface area (Å²) in [7, 11) is 10.4. The molecule has 0 atom stereocenters. The molecular weight excluding hydrogens is 190 g/mol. The average Bonchev–Trinajstić information content (AvgIpc) is 0.811. The number of hydrogen-bond donors (Lipinski definition) is 0. The zero-order valence-corrected chi connectivity index (χ0v) is 7.12. The van der Waals surface area contributed by atoms with Gasteiger partial charge in [-0.05, 0) is 0 Å². The lowest BCUT2D eigenvalue weighted by Crippen LogP contribution is -1.72. The van der Waals surface area contributed by atoms with Crippen LogP contribution in [0.3, 0.4) is 0 Å². The van der Waals surface area contributed by atoms with Crippen LogP contribution < -0.4 is 0 Å². The molecule has 0 aromatic rings. The van der Waals surface area contributed by atoms with Crippen LogP contribution in [0.25, 0.3) is 0 Å². The van der Waals surface area contributed by atoms with E-state index in [1.54, 1.807) is 0 Å². The third kappa shape index (κ3) is 28.5. The average molecular weight is 194 g/mol. The Labute approximate surface area is 55.0 Å². The van der Waals surface area contributed by atoms with E-state index in [0.717, 1.165) is 0 Å². The Kier molecular flexibility index (Phi) is 10.9. The van der Waals surface area contributed by atoms with Crippen LogP contribution in [0.15, 0.2) is 0 Å². The van der Waals surface area contributed by atoms with E-state index in [-0.39, 0.29) is 17.0 Å². The minimum absolute atomic E-state index is 0. The minimum Gasteiger partial charge on any atom is -0.234 e. The van der Waals surface area contributed by atoms with Gasteiger partial charge in [0, 0.05) is 0 Å². The van der Waals surface area contributed by atoms with Crippen molar-refractivity contribution in [3.05, 3.63) is 0 Å². The van der Waals surface area contributed by atoms with Gasteiger partial charge in [-0.25, -0.2) is 20.1 Å². The minimum atomic E-state index is -1.19. The molecule has 0 fully saturated rings. The summed E-state index contributed by atoms with van der Waals surface area (Å²) in [6.07, 6.45) is 0. The van der Waals surface area contributed by atoms with Crippen molar-refractivity contribution < 1.29 is 0 Å². The topological polar surface area (TPSA) is 0 Å². The van der Waals surface area contributed by atoms with Crippen LogP contribution in [-0.2, 0) is 0 Å². The van der Waals surface area contributed by atoms with Crippen molar-refractivity contribution in [1.82, 2.24) is 0 Å². The molecule has 0 saturated heterocycles. The predicted octanol–water partition coefficient (Wildman–Crippen LogP) is 2.16. The van der Waals surface area contributed by atoms with E-state index in [1.165, 1.54) is 0 Å². The molecule has 0 nitrogen and oxygen atoms in total. The summed E-state index contributed by atoms with van der Waals surface area (Å²) in [4.78, 5) is 0. The van der Waals surface area contributed by atoms with Crippen LogP contribution in [0.1, 0.15) is 0 Å². The molecule has 0 radical (unpaired) electrons. The SMILES string of the molecule is Br.[CH3][Al]([Cl])[Cl]. The monoisotopic (exact) mass is 192 g/mol. The quantitative estimate of drug-likeness (QED) is 0.518. The lowest BCUT2D eigenvalue weighted by atomic mass is 11.9. The first-order valence-electron chi connectivity index (χ1n) is 1.01. The Morgan fingerprint density at radius 3 is 1.40 bits per heavy atom. The number of halogens is 3. The molecule has 0 bridgehead atoms. The Hall–Kier alpha value is 1.59. The lowest BCUT2D eigenvalue weighted by Gasteiger charge is -1.60. The third-order valence-electron chi connectivity index (χ3n) is 0. The molecule has 0 aliphatic rings. The second-order valence-electron chi connectivity index (χ2n) is 0.519. The Bertz CT molecular complexity index is 14.4. The van der Waals surface area contributed by atoms with Gasteiger partial charge >= 0.3 is 12.3 Å². The fourth-order valence-electron chi connectivity index (χ4n) is 0. The summed E-state index contributed by atoms with van der Waals surface area (Å²) in [5.74, 6) is 1.84. The van der Waals surface area contributed by atoms with Crippen molar-refractivity contribution in [1.29, 1.82) is 0 Å². The molecule has 0 aliphatic heterocycles. The molecule has 0 N–H and O–H groups in total. The molecule has 0 amide bonds. The van der Waals surface area contributed by atoms with E-state index >= 15 is 0 Å². The molecular formula is CH4AlBrCl2. The Morgan fingerprint density at radius 2 is 1.40 bits per heavy atom. The maximum atomic E-state index is 5.18. The highest BCUT2D eigenvalue weighted by atomic mass is 79.9. The molecule has 0 heterocycles. The van der Waals surface area contributed by atoms with Crippen LogP contribution in [0, 0.1) is 0 Å². The fraction of sp³-hybridized carbons (Fsp3) is 1.00. The first-order valence-corrected chi connectivity index (χ1v) is 5.66. The smallest absolute Gasteiger partial charge is 0.234 e. The van der Waals surface area contributed by atoms with Gasteiger partial charge in [0.25, 0.3) is 0 Å². The van der Waals surface area contributed by atoms with Gasteiger partial charge in [0.05, 0.1) is 0 Å². The first-order chi connectivity index (χ1) is 1.73. The Balaban J connectivity index is 0. The third-order valence-corrected chi connectivity index (χ3v) is 0. The van der Waals surface area contributed by atoms with Gasteiger partial charge in [0.1, 0.15) is 0 Å². The van der Waals surface area contributed by atoms with Crippen molar-refractivity contribution in [2.75, 3.05) is 0 Å². The molecule has 5 heavy (non-hydrogen) atoms. The summed E-state index contributed by atoms with van der Waals surface area (Å²) in [5.41, 5.74) is 0. The normalized spacial score (nSPS) is 5.40. The van der Waals surface area contributed by atoms with Crippen molar-refractivity contribution in [2.24, 2.45) is 0 Å². The number of rotatable bonds is 0. The summed E-state index contributed by atoms with van der Waals surface area (Å²) >= 11 is -1.19. The van der Waals surface area contributed by atoms with Crippen molar-refractivity contribution in [3.63, 3.8) is 0 Å². The van der Waals surface area contributed by atoms with Crippen molar-refractivity contribution >= 4 is 49.4 Å². The van der Waals surface area contributed by atoms with Gasteiger partial charge in [-0.15, -0.1) is 17.0 Å². The molecule has 0 saturated carbocycles. The van der Waals surface area contributed by atoms with Crippen LogP contribution in [0.4, 0.5) is 0 Å². The van der Waals surface area contributed by atoms with E-state index in [1.807, 2.05) is 5.79 Å². The van der Waals surface area contributed by atoms with Crippen LogP contribution in [0.2, 0.25) is 5.79 Å². The van der Waals surface area contributed by atoms with E-state index in [2.05, 4.69) is 0 Å². The van der Waals surface area contributed by atoms with Gasteiger partial charge in [0.2, 0.25) is 0 Å². The van der Waals surface area contributed by atoms with Crippen LogP contribution >= 0.6 is 37.1 Å². The summed E-state index contributed by atoms with van der Waals surface area (Å²) < 4.78 is 0. The van der Waals surface area contributed by atoms with E-state index in [9.17, 15) is 0 Å². The standard InChI is InChI=1S/CH3.Al.BrH.2ClH/h1H3;;3*1H/q;+2;;;/p-2. The van der Waals surface area contributed by atoms with E-state index < -0.39 is 12.3 Å². The number of hydrogen-bond acceptors (Lipinski definition) is 0. The van der Waals surface area contributed by atoms with Gasteiger partial charge < -0.3 is 0 Å². The summed E-state index contributed by atoms with van der Waals surface area (Å²) in [5, 5.41) is 0. The maximum absolute atomic E-state index is 5.18. The maximum Gasteiger partial charge on any atom is 0.516 e. The van der Waals surface area contributed by atoms with E-state index in [0.29, 0.717) is 0 Å². The zero-order chi connectivity index (χ0) is 3.58. The van der Waals surface area contributed by atoms with Crippen molar-refractivity contribution in [2.45, 2.75) is 5.79 Å². The largest absolute Gasteiger partial charge is 0.516 e. The highest BCUT2D eigenvalue weighted by molar-refractivity contribution is 8.93. The molecule has 0 unspecified atom stereocenters. The van der Waals surface area contributed by atoms with E-state index in [4.69, 9.17) is 20.1 Å². The molecule has 32 valence electrons. The molecule has 0 spiro atoms. The molecule has 0 rings (SSSR count). The summed E-state index contributed by atoms with van der Waals surface area (Å²) in [6.45, 7) is 0. The molecule has 0 aromatic heterocycles. The predicted molar refractivity (Wildman–Crippen MR) is 33.6 cm³/mol. The van der Waals surface area contributed by atoms with Gasteiger partial charge in [-0.3, -0.25) is 0 Å². The Morgan fingerprint density at radius 1 is 1.40 bits per heavy atom. The molecule has 4 heteroatoms. The highest BCUT2D eigenvalue weighted by Crippen LogP contribution is 1.89. The van der Waals surface area contributed by atoms with Gasteiger partial charge in [-0.1, -0.05) is 5.79 Å². The summed E-state index contributed by atoms with van der Waals surface area (Å²) in [6, 6.07) is 0. The van der Waals surface area contributed by atoms with Gasteiger partial charge in [-0.2, -0.15) is 0 Å². The second kappa shape index (κ2) is 5.59. The van der Waals surface area contributed by atoms with Gasteiger partial charge in [0.15, 0.2) is 0 Å². The van der Waals surface area contributed by atoms with Crippen LogP contribution in [-0.4, -0.2) is 12.3 Å². The second-order valence-corrected chi connectivity index (χ2v) is 6.15. The zero-order valence-electron chi connectivity index (χ0n) is 2.74. The fourth-order valence-corrected chi connectivity index (χ4v) is 0. The molecule has 0 aliphatic carbocycles. The van der Waals surface area contributed by atoms with Crippen LogP contribution in [0.5, 0.6) is 0 Å².